The molecule has 1 aromatic carbocycles. The lowest BCUT2D eigenvalue weighted by Gasteiger charge is -2.08. The maximum Gasteiger partial charge on any atom is 0.234 e. The van der Waals surface area contributed by atoms with Crippen molar-refractivity contribution in [1.29, 1.82) is 0 Å². The Morgan fingerprint density at radius 2 is 2.25 bits per heavy atom. The average molecular weight is 363 g/mol. The Hall–Kier alpha value is -2.25. The standard InChI is InChI=1S/C16H15ClN4O2S/c1-9-3-4-10(5-13(9)23-2)19-15(22)8-24-16-20-11-6-14(17)18-7-12(11)21-16/h3-7H,8H2,1-2H3,(H,19,22)(H,20,21). The van der Waals surface area contributed by atoms with E-state index in [1.165, 1.54) is 11.8 Å². The van der Waals surface area contributed by atoms with Crippen molar-refractivity contribution in [3.05, 3.63) is 41.2 Å². The normalized spacial score (nSPS) is 10.8. The topological polar surface area (TPSA) is 79.9 Å². The summed E-state index contributed by atoms with van der Waals surface area (Å²) < 4.78 is 5.25. The molecule has 3 rings (SSSR count). The number of imidazole rings is 1. The van der Waals surface area contributed by atoms with Gasteiger partial charge in [0.25, 0.3) is 0 Å². The van der Waals surface area contributed by atoms with Crippen molar-refractivity contribution in [2.75, 3.05) is 18.2 Å². The quantitative estimate of drug-likeness (QED) is 0.535. The molecule has 0 bridgehead atoms. The van der Waals surface area contributed by atoms with E-state index in [9.17, 15) is 4.79 Å². The summed E-state index contributed by atoms with van der Waals surface area (Å²) >= 11 is 7.15. The fourth-order valence-corrected chi connectivity index (χ4v) is 3.00. The molecule has 3 aromatic rings. The number of H-pyrrole nitrogens is 1. The predicted molar refractivity (Wildman–Crippen MR) is 96.0 cm³/mol. The smallest absolute Gasteiger partial charge is 0.234 e. The number of aromatic nitrogens is 3. The summed E-state index contributed by atoms with van der Waals surface area (Å²) in [6.45, 7) is 1.95. The van der Waals surface area contributed by atoms with Crippen molar-refractivity contribution < 1.29 is 9.53 Å². The second kappa shape index (κ2) is 7.11. The summed E-state index contributed by atoms with van der Waals surface area (Å²) in [5, 5.41) is 3.87. The number of benzene rings is 1. The van der Waals surface area contributed by atoms with E-state index in [2.05, 4.69) is 20.3 Å². The van der Waals surface area contributed by atoms with E-state index < -0.39 is 0 Å². The first kappa shape index (κ1) is 16.6. The van der Waals surface area contributed by atoms with Crippen LogP contribution in [0.25, 0.3) is 11.0 Å². The first-order valence-corrected chi connectivity index (χ1v) is 8.50. The molecule has 0 spiro atoms. The number of anilines is 1. The number of nitrogens with one attached hydrogen (secondary N) is 2. The predicted octanol–water partition coefficient (Wildman–Crippen LogP) is 3.66. The lowest BCUT2D eigenvalue weighted by atomic mass is 10.2. The van der Waals surface area contributed by atoms with Crippen molar-refractivity contribution >= 4 is 46.0 Å². The summed E-state index contributed by atoms with van der Waals surface area (Å²) in [5.74, 6) is 0.849. The molecule has 0 radical (unpaired) electrons. The second-order valence-electron chi connectivity index (χ2n) is 5.09. The molecule has 0 aliphatic carbocycles. The Morgan fingerprint density at radius 1 is 1.42 bits per heavy atom. The molecule has 2 N–H and O–H groups in total. The number of aromatic amines is 1. The largest absolute Gasteiger partial charge is 0.496 e. The highest BCUT2D eigenvalue weighted by atomic mass is 35.5. The first-order chi connectivity index (χ1) is 11.5. The Kier molecular flexibility index (Phi) is 4.92. The first-order valence-electron chi connectivity index (χ1n) is 7.13. The van der Waals surface area contributed by atoms with Gasteiger partial charge < -0.3 is 15.0 Å². The van der Waals surface area contributed by atoms with Crippen molar-refractivity contribution in [2.45, 2.75) is 12.1 Å². The maximum atomic E-state index is 12.1. The molecule has 0 saturated heterocycles. The zero-order chi connectivity index (χ0) is 17.1. The number of ether oxygens (including phenoxy) is 1. The van der Waals surface area contributed by atoms with Gasteiger partial charge in [-0.3, -0.25) is 4.79 Å². The summed E-state index contributed by atoms with van der Waals surface area (Å²) in [6, 6.07) is 7.22. The number of carbonyl (C=O) groups excluding carboxylic acids is 1. The number of hydrogen-bond donors (Lipinski definition) is 2. The van der Waals surface area contributed by atoms with E-state index in [1.54, 1.807) is 25.4 Å². The van der Waals surface area contributed by atoms with Gasteiger partial charge in [-0.15, -0.1) is 0 Å². The Bertz CT molecular complexity index is 897. The molecule has 1 amide bonds. The van der Waals surface area contributed by atoms with Gasteiger partial charge in [0, 0.05) is 17.8 Å². The van der Waals surface area contributed by atoms with Gasteiger partial charge in [0.1, 0.15) is 10.9 Å². The molecule has 0 saturated carbocycles. The van der Waals surface area contributed by atoms with Gasteiger partial charge in [-0.05, 0) is 18.6 Å². The van der Waals surface area contributed by atoms with E-state index in [4.69, 9.17) is 16.3 Å². The third kappa shape index (κ3) is 3.80. The third-order valence-electron chi connectivity index (χ3n) is 3.34. The fourth-order valence-electron chi connectivity index (χ4n) is 2.16. The molecular weight excluding hydrogens is 348 g/mol. The van der Waals surface area contributed by atoms with E-state index in [0.29, 0.717) is 16.0 Å². The SMILES string of the molecule is COc1cc(NC(=O)CSc2nc3cc(Cl)ncc3[nH]2)ccc1C. The minimum atomic E-state index is -0.123. The number of fused-ring (bicyclic) bond motifs is 1. The van der Waals surface area contributed by atoms with Gasteiger partial charge in [0.2, 0.25) is 5.91 Å². The number of amides is 1. The van der Waals surface area contributed by atoms with E-state index in [1.807, 2.05) is 19.1 Å². The summed E-state index contributed by atoms with van der Waals surface area (Å²) in [7, 11) is 1.60. The molecule has 2 aromatic heterocycles. The van der Waals surface area contributed by atoms with Crippen LogP contribution >= 0.6 is 23.4 Å². The molecule has 124 valence electrons. The van der Waals surface area contributed by atoms with Crippen LogP contribution in [-0.2, 0) is 4.79 Å². The van der Waals surface area contributed by atoms with Crippen molar-refractivity contribution in [1.82, 2.24) is 15.0 Å². The zero-order valence-corrected chi connectivity index (χ0v) is 14.7. The second-order valence-corrected chi connectivity index (χ2v) is 6.44. The highest BCUT2D eigenvalue weighted by molar-refractivity contribution is 7.99. The lowest BCUT2D eigenvalue weighted by molar-refractivity contribution is -0.113. The minimum absolute atomic E-state index is 0.123. The van der Waals surface area contributed by atoms with Crippen LogP contribution in [0, 0.1) is 6.92 Å². The third-order valence-corrected chi connectivity index (χ3v) is 4.42. The number of methoxy groups -OCH3 is 1. The van der Waals surface area contributed by atoms with Crippen molar-refractivity contribution in [3.8, 4) is 5.75 Å². The number of carbonyl (C=O) groups is 1. The number of halogens is 1. The minimum Gasteiger partial charge on any atom is -0.496 e. The van der Waals surface area contributed by atoms with Crippen LogP contribution in [0.2, 0.25) is 5.15 Å². The summed E-state index contributed by atoms with van der Waals surface area (Å²) in [5.41, 5.74) is 3.22. The van der Waals surface area contributed by atoms with Crippen LogP contribution < -0.4 is 10.1 Å². The van der Waals surface area contributed by atoms with Crippen molar-refractivity contribution in [3.63, 3.8) is 0 Å². The highest BCUT2D eigenvalue weighted by Gasteiger charge is 2.09. The molecule has 0 atom stereocenters. The fraction of sp³-hybridized carbons (Fsp3) is 0.188. The molecule has 24 heavy (non-hydrogen) atoms. The van der Waals surface area contributed by atoms with Crippen LogP contribution in [0.1, 0.15) is 5.56 Å². The number of nitrogens with zero attached hydrogens (tertiary/aromatic N) is 2. The van der Waals surface area contributed by atoms with Gasteiger partial charge in [-0.2, -0.15) is 0 Å². The maximum absolute atomic E-state index is 12.1. The summed E-state index contributed by atoms with van der Waals surface area (Å²) in [4.78, 5) is 23.6. The molecular formula is C16H15ClN4O2S. The van der Waals surface area contributed by atoms with E-state index >= 15 is 0 Å². The Morgan fingerprint density at radius 3 is 3.04 bits per heavy atom. The monoisotopic (exact) mass is 362 g/mol. The number of hydrogen-bond acceptors (Lipinski definition) is 5. The molecule has 0 fully saturated rings. The molecule has 8 heteroatoms. The molecule has 0 aliphatic rings. The van der Waals surface area contributed by atoms with Gasteiger partial charge in [-0.1, -0.05) is 29.4 Å². The van der Waals surface area contributed by atoms with E-state index in [-0.39, 0.29) is 11.7 Å². The molecule has 0 unspecified atom stereocenters. The molecule has 6 nitrogen and oxygen atoms in total. The van der Waals surface area contributed by atoms with Crippen LogP contribution in [-0.4, -0.2) is 33.7 Å². The van der Waals surface area contributed by atoms with Gasteiger partial charge in [0.15, 0.2) is 5.16 Å². The number of thioether (sulfide) groups is 1. The van der Waals surface area contributed by atoms with Crippen LogP contribution in [0.4, 0.5) is 5.69 Å². The van der Waals surface area contributed by atoms with Crippen LogP contribution in [0.15, 0.2) is 35.6 Å². The van der Waals surface area contributed by atoms with Crippen molar-refractivity contribution in [2.24, 2.45) is 0 Å². The van der Waals surface area contributed by atoms with Gasteiger partial charge in [0.05, 0.1) is 30.1 Å². The molecule has 2 heterocycles. The Labute approximate surface area is 148 Å². The van der Waals surface area contributed by atoms with Crippen LogP contribution in [0.5, 0.6) is 5.75 Å². The number of pyridine rings is 1. The van der Waals surface area contributed by atoms with Crippen LogP contribution in [0.3, 0.4) is 0 Å². The number of aryl methyl sites for hydroxylation is 1. The average Bonchev–Trinajstić information content (AvgIpc) is 2.96. The summed E-state index contributed by atoms with van der Waals surface area (Å²) in [6.07, 6.45) is 1.62. The lowest BCUT2D eigenvalue weighted by Crippen LogP contribution is -2.14. The molecule has 0 aliphatic heterocycles. The number of rotatable bonds is 5. The zero-order valence-electron chi connectivity index (χ0n) is 13.1. The van der Waals surface area contributed by atoms with Gasteiger partial charge >= 0.3 is 0 Å². The highest BCUT2D eigenvalue weighted by Crippen LogP contribution is 2.23. The van der Waals surface area contributed by atoms with E-state index in [0.717, 1.165) is 22.3 Å². The van der Waals surface area contributed by atoms with Gasteiger partial charge in [-0.25, -0.2) is 9.97 Å². The Balaban J connectivity index is 1.62.